The Morgan fingerprint density at radius 1 is 1.16 bits per heavy atom. The van der Waals surface area contributed by atoms with Crippen molar-refractivity contribution in [2.45, 2.75) is 66.0 Å². The third kappa shape index (κ3) is 7.15. The highest BCUT2D eigenvalue weighted by Crippen LogP contribution is 2.12. The first-order valence-corrected chi connectivity index (χ1v) is 7.41. The number of aromatic nitrogens is 2. The van der Waals surface area contributed by atoms with Crippen molar-refractivity contribution in [2.24, 2.45) is 5.92 Å². The Morgan fingerprint density at radius 2 is 1.95 bits per heavy atom. The lowest BCUT2D eigenvalue weighted by Crippen LogP contribution is -2.15. The van der Waals surface area contributed by atoms with Crippen LogP contribution in [0.1, 0.15) is 59.3 Å². The van der Waals surface area contributed by atoms with Crippen LogP contribution >= 0.6 is 0 Å². The van der Waals surface area contributed by atoms with Gasteiger partial charge >= 0.3 is 6.01 Å². The van der Waals surface area contributed by atoms with Crippen LogP contribution in [0.25, 0.3) is 0 Å². The van der Waals surface area contributed by atoms with Crippen LogP contribution < -0.4 is 10.6 Å². The molecule has 110 valence electrons. The lowest BCUT2D eigenvalue weighted by atomic mass is 10.0. The molecule has 0 aromatic carbocycles. The van der Waals surface area contributed by atoms with E-state index in [0.717, 1.165) is 25.3 Å². The van der Waals surface area contributed by atoms with Gasteiger partial charge < -0.3 is 15.1 Å². The number of rotatable bonds is 10. The Hall–Kier alpha value is -1.10. The van der Waals surface area contributed by atoms with Gasteiger partial charge in [0.2, 0.25) is 5.89 Å². The summed E-state index contributed by atoms with van der Waals surface area (Å²) in [4.78, 5) is 0. The molecule has 0 saturated heterocycles. The average molecular weight is 268 g/mol. The Bertz CT molecular complexity index is 338. The summed E-state index contributed by atoms with van der Waals surface area (Å²) < 4.78 is 5.53. The number of hydrogen-bond donors (Lipinski definition) is 2. The zero-order valence-corrected chi connectivity index (χ0v) is 12.7. The minimum Gasteiger partial charge on any atom is -0.407 e. The van der Waals surface area contributed by atoms with Gasteiger partial charge in [-0.05, 0) is 32.2 Å². The molecule has 0 radical (unpaired) electrons. The molecule has 0 bridgehead atoms. The standard InChI is InChI=1S/C14H28N4O/c1-5-9-15-10-13-17-18-14(19-13)16-12(4)8-6-7-11(2)3/h11-12,15H,5-10H2,1-4H3,(H,16,18). The van der Waals surface area contributed by atoms with Crippen LogP contribution in [0.5, 0.6) is 0 Å². The molecule has 19 heavy (non-hydrogen) atoms. The van der Waals surface area contributed by atoms with E-state index in [1.165, 1.54) is 12.8 Å². The van der Waals surface area contributed by atoms with Crippen LogP contribution in [-0.4, -0.2) is 22.8 Å². The first kappa shape index (κ1) is 16.0. The minimum atomic E-state index is 0.371. The van der Waals surface area contributed by atoms with Gasteiger partial charge in [-0.2, -0.15) is 0 Å². The molecule has 1 heterocycles. The summed E-state index contributed by atoms with van der Waals surface area (Å²) in [5.74, 6) is 1.41. The zero-order valence-electron chi connectivity index (χ0n) is 12.7. The topological polar surface area (TPSA) is 63.0 Å². The zero-order chi connectivity index (χ0) is 14.1. The summed E-state index contributed by atoms with van der Waals surface area (Å²) in [6.07, 6.45) is 4.73. The van der Waals surface area contributed by atoms with E-state index in [-0.39, 0.29) is 0 Å². The first-order valence-electron chi connectivity index (χ1n) is 7.41. The SMILES string of the molecule is CCCNCc1nnc(NC(C)CCCC(C)C)o1. The quantitative estimate of drug-likeness (QED) is 0.638. The molecular weight excluding hydrogens is 240 g/mol. The maximum absolute atomic E-state index is 5.53. The Labute approximate surface area is 116 Å². The van der Waals surface area contributed by atoms with Gasteiger partial charge in [0.15, 0.2) is 0 Å². The van der Waals surface area contributed by atoms with Crippen molar-refractivity contribution in [1.29, 1.82) is 0 Å². The van der Waals surface area contributed by atoms with Crippen molar-refractivity contribution in [2.75, 3.05) is 11.9 Å². The number of nitrogens with one attached hydrogen (secondary N) is 2. The molecule has 1 rings (SSSR count). The number of anilines is 1. The van der Waals surface area contributed by atoms with Crippen molar-refractivity contribution in [3.63, 3.8) is 0 Å². The highest BCUT2D eigenvalue weighted by Gasteiger charge is 2.09. The molecule has 5 heteroatoms. The van der Waals surface area contributed by atoms with E-state index in [0.29, 0.717) is 24.5 Å². The summed E-state index contributed by atoms with van der Waals surface area (Å²) >= 11 is 0. The lowest BCUT2D eigenvalue weighted by Gasteiger charge is -2.12. The monoisotopic (exact) mass is 268 g/mol. The Morgan fingerprint density at radius 3 is 2.63 bits per heavy atom. The van der Waals surface area contributed by atoms with E-state index >= 15 is 0 Å². The number of nitrogens with zero attached hydrogens (tertiary/aromatic N) is 2. The molecule has 0 aliphatic heterocycles. The largest absolute Gasteiger partial charge is 0.407 e. The second-order valence-electron chi connectivity index (χ2n) is 5.55. The second kappa shape index (κ2) is 8.91. The van der Waals surface area contributed by atoms with Crippen molar-refractivity contribution in [3.8, 4) is 0 Å². The van der Waals surface area contributed by atoms with Gasteiger partial charge in [0.25, 0.3) is 0 Å². The fourth-order valence-electron chi connectivity index (χ4n) is 1.87. The Kier molecular flexibility index (Phi) is 7.48. The minimum absolute atomic E-state index is 0.371. The van der Waals surface area contributed by atoms with E-state index in [9.17, 15) is 0 Å². The summed E-state index contributed by atoms with van der Waals surface area (Å²) in [5.41, 5.74) is 0. The molecule has 5 nitrogen and oxygen atoms in total. The van der Waals surface area contributed by atoms with Crippen molar-refractivity contribution < 1.29 is 4.42 Å². The van der Waals surface area contributed by atoms with E-state index in [4.69, 9.17) is 4.42 Å². The highest BCUT2D eigenvalue weighted by molar-refractivity contribution is 5.18. The first-order chi connectivity index (χ1) is 9.11. The maximum Gasteiger partial charge on any atom is 0.315 e. The van der Waals surface area contributed by atoms with E-state index in [1.807, 2.05) is 0 Å². The van der Waals surface area contributed by atoms with Crippen molar-refractivity contribution >= 4 is 6.01 Å². The van der Waals surface area contributed by atoms with Gasteiger partial charge in [-0.3, -0.25) is 0 Å². The van der Waals surface area contributed by atoms with Crippen LogP contribution in [0.4, 0.5) is 6.01 Å². The summed E-state index contributed by atoms with van der Waals surface area (Å²) in [7, 11) is 0. The van der Waals surface area contributed by atoms with Crippen LogP contribution in [0.3, 0.4) is 0 Å². The van der Waals surface area contributed by atoms with E-state index in [1.54, 1.807) is 0 Å². The van der Waals surface area contributed by atoms with Gasteiger partial charge in [-0.25, -0.2) is 0 Å². The molecule has 0 fully saturated rings. The molecule has 1 unspecified atom stereocenters. The summed E-state index contributed by atoms with van der Waals surface area (Å²) in [5, 5.41) is 14.5. The van der Waals surface area contributed by atoms with Crippen molar-refractivity contribution in [3.05, 3.63) is 5.89 Å². The molecule has 0 aliphatic carbocycles. The van der Waals surface area contributed by atoms with Gasteiger partial charge in [0, 0.05) is 6.04 Å². The average Bonchev–Trinajstić information content (AvgIpc) is 2.76. The molecule has 0 saturated carbocycles. The fourth-order valence-corrected chi connectivity index (χ4v) is 1.87. The molecule has 1 atom stereocenters. The molecule has 0 spiro atoms. The Balaban J connectivity index is 2.24. The van der Waals surface area contributed by atoms with E-state index < -0.39 is 0 Å². The molecule has 1 aromatic rings. The lowest BCUT2D eigenvalue weighted by molar-refractivity contribution is 0.467. The molecule has 0 aliphatic rings. The predicted octanol–water partition coefficient (Wildman–Crippen LogP) is 3.20. The third-order valence-corrected chi connectivity index (χ3v) is 2.96. The van der Waals surface area contributed by atoms with Gasteiger partial charge in [-0.15, -0.1) is 5.10 Å². The number of hydrogen-bond acceptors (Lipinski definition) is 5. The summed E-state index contributed by atoms with van der Waals surface area (Å²) in [6, 6.07) is 0.904. The van der Waals surface area contributed by atoms with Gasteiger partial charge in [-0.1, -0.05) is 38.7 Å². The van der Waals surface area contributed by atoms with Crippen LogP contribution in [0, 0.1) is 5.92 Å². The van der Waals surface area contributed by atoms with E-state index in [2.05, 4.69) is 48.5 Å². The molecule has 1 aromatic heterocycles. The highest BCUT2D eigenvalue weighted by atomic mass is 16.4. The summed E-state index contributed by atoms with van der Waals surface area (Å²) in [6.45, 7) is 10.4. The predicted molar refractivity (Wildman–Crippen MR) is 78.1 cm³/mol. The molecular formula is C14H28N4O. The smallest absolute Gasteiger partial charge is 0.315 e. The van der Waals surface area contributed by atoms with Gasteiger partial charge in [0.05, 0.1) is 6.54 Å². The maximum atomic E-state index is 5.53. The van der Waals surface area contributed by atoms with Crippen LogP contribution in [0.2, 0.25) is 0 Å². The fraction of sp³-hybridized carbons (Fsp3) is 0.857. The normalized spacial score (nSPS) is 12.9. The van der Waals surface area contributed by atoms with Crippen LogP contribution in [-0.2, 0) is 6.54 Å². The van der Waals surface area contributed by atoms with Gasteiger partial charge in [0.1, 0.15) is 0 Å². The second-order valence-corrected chi connectivity index (χ2v) is 5.55. The van der Waals surface area contributed by atoms with Crippen LogP contribution in [0.15, 0.2) is 4.42 Å². The molecule has 0 amide bonds. The molecule has 2 N–H and O–H groups in total. The third-order valence-electron chi connectivity index (χ3n) is 2.96. The van der Waals surface area contributed by atoms with Crippen molar-refractivity contribution in [1.82, 2.24) is 15.5 Å².